The molecule has 1 fully saturated rings. The lowest BCUT2D eigenvalue weighted by molar-refractivity contribution is -0.154. The molecule has 33 heavy (non-hydrogen) atoms. The van der Waals surface area contributed by atoms with Gasteiger partial charge in [-0.05, 0) is 61.5 Å². The number of anilines is 3. The average molecular weight is 528 g/mol. The molecule has 1 N–H and O–H groups in total. The number of halogens is 3. The van der Waals surface area contributed by atoms with Crippen molar-refractivity contribution in [2.45, 2.75) is 39.2 Å². The van der Waals surface area contributed by atoms with Crippen LogP contribution in [0.3, 0.4) is 0 Å². The second kappa shape index (κ2) is 10.6. The molecule has 0 radical (unpaired) electrons. The number of hydrogen-bond donors (Lipinski definition) is 1. The topological polar surface area (TPSA) is 79.8 Å². The number of nitrogens with zero attached hydrogens (tertiary/aromatic N) is 4. The Kier molecular flexibility index (Phi) is 8.06. The largest absolute Gasteiger partial charge is 0.528 e. The molecule has 0 aliphatic carbocycles. The van der Waals surface area contributed by atoms with Crippen LogP contribution in [0.15, 0.2) is 29.0 Å². The van der Waals surface area contributed by atoms with Crippen molar-refractivity contribution in [1.29, 1.82) is 0 Å². The highest BCUT2D eigenvalue weighted by atomic mass is 79.9. The second-order valence-electron chi connectivity index (χ2n) is 8.94. The van der Waals surface area contributed by atoms with E-state index in [0.717, 1.165) is 31.5 Å². The Morgan fingerprint density at radius 1 is 1.21 bits per heavy atom. The molecule has 1 aromatic carbocycles. The minimum atomic E-state index is -0.693. The van der Waals surface area contributed by atoms with Crippen LogP contribution in [0.2, 0.25) is 0 Å². The summed E-state index contributed by atoms with van der Waals surface area (Å²) in [4.78, 5) is 27.5. The summed E-state index contributed by atoms with van der Waals surface area (Å²) in [6, 6.07) is 3.81. The number of carbonyl (C=O) groups excluding carboxylic acids is 1. The molecule has 0 atom stereocenters. The summed E-state index contributed by atoms with van der Waals surface area (Å²) >= 11 is 2.96. The highest BCUT2D eigenvalue weighted by molar-refractivity contribution is 9.10. The maximum Gasteiger partial charge on any atom is 0.528 e. The normalized spacial score (nSPS) is 15.2. The van der Waals surface area contributed by atoms with Gasteiger partial charge in [0.05, 0.1) is 10.2 Å². The fourth-order valence-electron chi connectivity index (χ4n) is 3.42. The first kappa shape index (κ1) is 25.1. The standard InChI is InChI=1S/C22H28BrF2N5O3/c1-22(2,3)32-21(31)33-30-7-5-14(6-8-30)12-29(4)20-11-19(26-13-27-20)28-18-10-16(24)15(23)9-17(18)25/h9-11,13-14H,5-8,12H2,1-4H3,(H,26,27,28). The van der Waals surface area contributed by atoms with E-state index in [1.807, 2.05) is 11.9 Å². The van der Waals surface area contributed by atoms with Gasteiger partial charge in [0, 0.05) is 38.8 Å². The van der Waals surface area contributed by atoms with Crippen molar-refractivity contribution in [1.82, 2.24) is 15.0 Å². The molecule has 0 saturated carbocycles. The minimum absolute atomic E-state index is 0.0136. The molecule has 1 saturated heterocycles. The van der Waals surface area contributed by atoms with Crippen molar-refractivity contribution in [3.63, 3.8) is 0 Å². The van der Waals surface area contributed by atoms with E-state index in [1.54, 1.807) is 31.9 Å². The number of benzene rings is 1. The molecule has 2 heterocycles. The van der Waals surface area contributed by atoms with Gasteiger partial charge in [-0.3, -0.25) is 0 Å². The number of rotatable bonds is 6. The van der Waals surface area contributed by atoms with Crippen molar-refractivity contribution >= 4 is 39.4 Å². The molecule has 0 spiro atoms. The minimum Gasteiger partial charge on any atom is -0.427 e. The van der Waals surface area contributed by atoms with Gasteiger partial charge in [0.2, 0.25) is 0 Å². The number of hydrogen-bond acceptors (Lipinski definition) is 8. The summed E-state index contributed by atoms with van der Waals surface area (Å²) in [5.41, 5.74) is -0.610. The van der Waals surface area contributed by atoms with E-state index in [0.29, 0.717) is 30.6 Å². The smallest absolute Gasteiger partial charge is 0.427 e. The van der Waals surface area contributed by atoms with Gasteiger partial charge in [0.1, 0.15) is 35.2 Å². The first-order valence-corrected chi connectivity index (χ1v) is 11.4. The van der Waals surface area contributed by atoms with E-state index < -0.39 is 23.4 Å². The number of carbonyl (C=O) groups is 1. The molecule has 1 aliphatic heterocycles. The van der Waals surface area contributed by atoms with Crippen molar-refractivity contribution in [2.75, 3.05) is 36.9 Å². The number of aromatic nitrogens is 2. The second-order valence-corrected chi connectivity index (χ2v) is 9.80. The number of hydroxylamine groups is 2. The Labute approximate surface area is 200 Å². The Bertz CT molecular complexity index is 981. The van der Waals surface area contributed by atoms with Crippen LogP contribution in [-0.2, 0) is 9.57 Å². The molecule has 2 aromatic rings. The third-order valence-corrected chi connectivity index (χ3v) is 5.62. The first-order chi connectivity index (χ1) is 15.5. The van der Waals surface area contributed by atoms with E-state index in [2.05, 4.69) is 31.2 Å². The summed E-state index contributed by atoms with van der Waals surface area (Å²) in [5, 5.41) is 4.43. The van der Waals surface area contributed by atoms with Crippen LogP contribution in [0.5, 0.6) is 0 Å². The maximum absolute atomic E-state index is 14.1. The summed E-state index contributed by atoms with van der Waals surface area (Å²) in [6.07, 6.45) is 2.36. The lowest BCUT2D eigenvalue weighted by atomic mass is 9.97. The van der Waals surface area contributed by atoms with Gasteiger partial charge in [0.15, 0.2) is 0 Å². The van der Waals surface area contributed by atoms with Crippen LogP contribution >= 0.6 is 15.9 Å². The Morgan fingerprint density at radius 3 is 2.58 bits per heavy atom. The van der Waals surface area contributed by atoms with Crippen molar-refractivity contribution in [3.8, 4) is 0 Å². The zero-order valence-corrected chi connectivity index (χ0v) is 20.7. The average Bonchev–Trinajstić information content (AvgIpc) is 2.72. The molecule has 0 unspecified atom stereocenters. The lowest BCUT2D eigenvalue weighted by Gasteiger charge is -2.33. The molecule has 180 valence electrons. The molecular formula is C22H28BrF2N5O3. The van der Waals surface area contributed by atoms with E-state index in [1.165, 1.54) is 6.33 Å². The monoisotopic (exact) mass is 527 g/mol. The van der Waals surface area contributed by atoms with E-state index >= 15 is 0 Å². The summed E-state index contributed by atoms with van der Waals surface area (Å²) in [6.45, 7) is 7.33. The first-order valence-electron chi connectivity index (χ1n) is 10.6. The molecule has 0 bridgehead atoms. The molecule has 11 heteroatoms. The lowest BCUT2D eigenvalue weighted by Crippen LogP contribution is -2.40. The quantitative estimate of drug-likeness (QED) is 0.401. The summed E-state index contributed by atoms with van der Waals surface area (Å²) in [7, 11) is 1.91. The van der Waals surface area contributed by atoms with Crippen molar-refractivity contribution in [3.05, 3.63) is 40.6 Å². The SMILES string of the molecule is CN(CC1CCN(OC(=O)OC(C)(C)C)CC1)c1cc(Nc2cc(F)c(Br)cc2F)ncn1. The molecule has 1 aromatic heterocycles. The predicted molar refractivity (Wildman–Crippen MR) is 124 cm³/mol. The number of ether oxygens (including phenoxy) is 1. The predicted octanol–water partition coefficient (Wildman–Crippen LogP) is 5.28. The van der Waals surface area contributed by atoms with Gasteiger partial charge < -0.3 is 19.8 Å². The van der Waals surface area contributed by atoms with Crippen LogP contribution in [0, 0.1) is 17.6 Å². The molecule has 0 amide bonds. The van der Waals surface area contributed by atoms with Gasteiger partial charge in [-0.25, -0.2) is 23.5 Å². The zero-order chi connectivity index (χ0) is 24.2. The van der Waals surface area contributed by atoms with E-state index in [4.69, 9.17) is 9.57 Å². The van der Waals surface area contributed by atoms with Gasteiger partial charge >= 0.3 is 6.16 Å². The number of nitrogens with one attached hydrogen (secondary N) is 1. The third-order valence-electron chi connectivity index (χ3n) is 5.02. The highest BCUT2D eigenvalue weighted by Gasteiger charge is 2.26. The summed E-state index contributed by atoms with van der Waals surface area (Å²) in [5.74, 6) is 0.202. The Morgan fingerprint density at radius 2 is 1.91 bits per heavy atom. The Balaban J connectivity index is 1.53. The third kappa shape index (κ3) is 7.50. The molecule has 8 nitrogen and oxygen atoms in total. The van der Waals surface area contributed by atoms with Gasteiger partial charge in [0.25, 0.3) is 0 Å². The molecular weight excluding hydrogens is 500 g/mol. The number of piperidine rings is 1. The highest BCUT2D eigenvalue weighted by Crippen LogP contribution is 2.27. The van der Waals surface area contributed by atoms with E-state index in [9.17, 15) is 13.6 Å². The summed E-state index contributed by atoms with van der Waals surface area (Å²) < 4.78 is 33.1. The van der Waals surface area contributed by atoms with Crippen LogP contribution in [0.4, 0.5) is 30.9 Å². The van der Waals surface area contributed by atoms with E-state index in [-0.39, 0.29) is 10.2 Å². The molecule has 3 rings (SSSR count). The fourth-order valence-corrected chi connectivity index (χ4v) is 3.73. The van der Waals surface area contributed by atoms with Crippen LogP contribution in [-0.4, -0.2) is 53.5 Å². The van der Waals surface area contributed by atoms with Crippen LogP contribution < -0.4 is 10.2 Å². The van der Waals surface area contributed by atoms with Gasteiger partial charge in [-0.15, -0.1) is 5.06 Å². The molecule has 1 aliphatic rings. The van der Waals surface area contributed by atoms with Gasteiger partial charge in [-0.1, -0.05) is 0 Å². The van der Waals surface area contributed by atoms with Gasteiger partial charge in [-0.2, -0.15) is 0 Å². The zero-order valence-electron chi connectivity index (χ0n) is 19.1. The fraction of sp³-hybridized carbons (Fsp3) is 0.500. The van der Waals surface area contributed by atoms with Crippen molar-refractivity contribution < 1.29 is 23.1 Å². The van der Waals surface area contributed by atoms with Crippen LogP contribution in [0.25, 0.3) is 0 Å². The van der Waals surface area contributed by atoms with Crippen molar-refractivity contribution in [2.24, 2.45) is 5.92 Å². The maximum atomic E-state index is 14.1. The Hall–Kier alpha value is -2.53. The van der Waals surface area contributed by atoms with Crippen LogP contribution in [0.1, 0.15) is 33.6 Å².